The van der Waals surface area contributed by atoms with E-state index in [1.807, 2.05) is 4.90 Å². The lowest BCUT2D eigenvalue weighted by atomic mass is 10.2. The summed E-state index contributed by atoms with van der Waals surface area (Å²) in [6, 6.07) is 0.343. The summed E-state index contributed by atoms with van der Waals surface area (Å²) in [6.45, 7) is 5.93. The third-order valence-corrected chi connectivity index (χ3v) is 3.70. The molecule has 1 unspecified atom stereocenters. The van der Waals surface area contributed by atoms with E-state index in [9.17, 15) is 4.79 Å². The summed E-state index contributed by atoms with van der Waals surface area (Å²) in [6.07, 6.45) is 4.29. The molecular weight excluding hydrogens is 273 g/mol. The van der Waals surface area contributed by atoms with Crippen LogP contribution in [0.15, 0.2) is 0 Å². The van der Waals surface area contributed by atoms with Gasteiger partial charge in [-0.15, -0.1) is 24.8 Å². The van der Waals surface area contributed by atoms with E-state index in [1.54, 1.807) is 0 Å². The van der Waals surface area contributed by atoms with Gasteiger partial charge in [-0.2, -0.15) is 0 Å². The molecule has 0 aliphatic carbocycles. The van der Waals surface area contributed by atoms with Gasteiger partial charge in [-0.3, -0.25) is 9.69 Å². The Morgan fingerprint density at radius 2 is 2.00 bits per heavy atom. The molecule has 0 aromatic rings. The standard InChI is InChI=1S/C12H23N3O.2ClH/c1-2-6-14-7-3-4-11(14)12(16)15-8-5-10(13)9-15;;/h10-11H,2-9,13H2,1H3;2*1H/t10-,11?;;/m1../s1. The summed E-state index contributed by atoms with van der Waals surface area (Å²) >= 11 is 0. The van der Waals surface area contributed by atoms with Crippen LogP contribution in [0.25, 0.3) is 0 Å². The van der Waals surface area contributed by atoms with Crippen LogP contribution in [0.5, 0.6) is 0 Å². The fraction of sp³-hybridized carbons (Fsp3) is 0.917. The Balaban J connectivity index is 0.00000144. The van der Waals surface area contributed by atoms with Gasteiger partial charge in [0.15, 0.2) is 0 Å². The number of nitrogens with two attached hydrogens (primary N) is 1. The van der Waals surface area contributed by atoms with Crippen LogP contribution in [-0.2, 0) is 4.79 Å². The Kier molecular flexibility index (Phi) is 8.19. The number of likely N-dealkylation sites (tertiary alicyclic amines) is 2. The number of carbonyl (C=O) groups is 1. The van der Waals surface area contributed by atoms with Crippen LogP contribution >= 0.6 is 24.8 Å². The predicted octanol–water partition coefficient (Wildman–Crippen LogP) is 1.26. The second kappa shape index (κ2) is 8.20. The molecule has 2 atom stereocenters. The molecule has 18 heavy (non-hydrogen) atoms. The molecule has 0 bridgehead atoms. The van der Waals surface area contributed by atoms with Crippen molar-refractivity contribution in [2.75, 3.05) is 26.2 Å². The SMILES string of the molecule is CCCN1CCCC1C(=O)N1CC[C@@H](N)C1.Cl.Cl. The Labute approximate surface area is 122 Å². The Morgan fingerprint density at radius 1 is 1.28 bits per heavy atom. The summed E-state index contributed by atoms with van der Waals surface area (Å²) in [5.41, 5.74) is 5.85. The lowest BCUT2D eigenvalue weighted by molar-refractivity contribution is -0.134. The van der Waals surface area contributed by atoms with Crippen molar-refractivity contribution in [1.29, 1.82) is 0 Å². The van der Waals surface area contributed by atoms with E-state index in [4.69, 9.17) is 5.73 Å². The minimum absolute atomic E-state index is 0. The molecule has 2 aliphatic rings. The molecule has 0 saturated carbocycles. The minimum atomic E-state index is 0. The maximum absolute atomic E-state index is 12.3. The largest absolute Gasteiger partial charge is 0.340 e. The molecule has 2 fully saturated rings. The molecule has 1 amide bonds. The number of carbonyl (C=O) groups excluding carboxylic acids is 1. The number of halogens is 2. The highest BCUT2D eigenvalue weighted by Crippen LogP contribution is 2.21. The van der Waals surface area contributed by atoms with Gasteiger partial charge in [0, 0.05) is 19.1 Å². The van der Waals surface area contributed by atoms with Gasteiger partial charge >= 0.3 is 0 Å². The van der Waals surface area contributed by atoms with Crippen molar-refractivity contribution in [1.82, 2.24) is 9.80 Å². The van der Waals surface area contributed by atoms with E-state index in [1.165, 1.54) is 0 Å². The average Bonchev–Trinajstić information content (AvgIpc) is 2.87. The van der Waals surface area contributed by atoms with Crippen molar-refractivity contribution < 1.29 is 4.79 Å². The molecule has 108 valence electrons. The van der Waals surface area contributed by atoms with E-state index < -0.39 is 0 Å². The zero-order chi connectivity index (χ0) is 11.5. The summed E-state index contributed by atoms with van der Waals surface area (Å²) in [5, 5.41) is 0. The fourth-order valence-electron chi connectivity index (χ4n) is 2.86. The van der Waals surface area contributed by atoms with E-state index in [2.05, 4.69) is 11.8 Å². The minimum Gasteiger partial charge on any atom is -0.340 e. The summed E-state index contributed by atoms with van der Waals surface area (Å²) in [5.74, 6) is 0.318. The van der Waals surface area contributed by atoms with Crippen LogP contribution in [0.1, 0.15) is 32.6 Å². The summed E-state index contributed by atoms with van der Waals surface area (Å²) in [7, 11) is 0. The second-order valence-electron chi connectivity index (χ2n) is 5.03. The Bertz CT molecular complexity index is 266. The quantitative estimate of drug-likeness (QED) is 0.853. The van der Waals surface area contributed by atoms with Gasteiger partial charge < -0.3 is 10.6 Å². The molecule has 0 aromatic carbocycles. The first-order valence-corrected chi connectivity index (χ1v) is 6.50. The molecule has 0 aromatic heterocycles. The van der Waals surface area contributed by atoms with E-state index >= 15 is 0 Å². The molecule has 2 N–H and O–H groups in total. The van der Waals surface area contributed by atoms with E-state index in [0.717, 1.165) is 51.9 Å². The predicted molar refractivity (Wildman–Crippen MR) is 78.6 cm³/mol. The molecule has 6 heteroatoms. The van der Waals surface area contributed by atoms with Crippen molar-refractivity contribution in [3.05, 3.63) is 0 Å². The molecule has 2 rings (SSSR count). The van der Waals surface area contributed by atoms with Crippen molar-refractivity contribution >= 4 is 30.7 Å². The first-order chi connectivity index (χ1) is 7.72. The van der Waals surface area contributed by atoms with Crippen LogP contribution in [0.3, 0.4) is 0 Å². The Hall–Kier alpha value is -0.0300. The van der Waals surface area contributed by atoms with Crippen LogP contribution in [0, 0.1) is 0 Å². The third kappa shape index (κ3) is 3.98. The van der Waals surface area contributed by atoms with Crippen molar-refractivity contribution in [2.45, 2.75) is 44.7 Å². The van der Waals surface area contributed by atoms with Crippen molar-refractivity contribution in [3.8, 4) is 0 Å². The average molecular weight is 298 g/mol. The summed E-state index contributed by atoms with van der Waals surface area (Å²) in [4.78, 5) is 16.6. The van der Waals surface area contributed by atoms with E-state index in [0.29, 0.717) is 5.91 Å². The van der Waals surface area contributed by atoms with Gasteiger partial charge in [0.05, 0.1) is 6.04 Å². The lowest BCUT2D eigenvalue weighted by Gasteiger charge is -2.27. The third-order valence-electron chi connectivity index (χ3n) is 3.70. The van der Waals surface area contributed by atoms with Crippen LogP contribution in [0.2, 0.25) is 0 Å². The van der Waals surface area contributed by atoms with Crippen molar-refractivity contribution in [3.63, 3.8) is 0 Å². The zero-order valence-electron chi connectivity index (χ0n) is 11.0. The molecule has 2 saturated heterocycles. The number of nitrogens with zero attached hydrogens (tertiary/aromatic N) is 2. The van der Waals surface area contributed by atoms with Gasteiger partial charge in [-0.1, -0.05) is 6.92 Å². The van der Waals surface area contributed by atoms with E-state index in [-0.39, 0.29) is 36.9 Å². The van der Waals surface area contributed by atoms with Crippen LogP contribution in [-0.4, -0.2) is 54.0 Å². The number of hydrogen-bond donors (Lipinski definition) is 1. The van der Waals surface area contributed by atoms with Crippen LogP contribution in [0.4, 0.5) is 0 Å². The maximum atomic E-state index is 12.3. The van der Waals surface area contributed by atoms with Gasteiger partial charge in [-0.25, -0.2) is 0 Å². The van der Waals surface area contributed by atoms with Gasteiger partial charge in [0.1, 0.15) is 0 Å². The van der Waals surface area contributed by atoms with Crippen LogP contribution < -0.4 is 5.73 Å². The number of amides is 1. The molecule has 2 aliphatic heterocycles. The summed E-state index contributed by atoms with van der Waals surface area (Å²) < 4.78 is 0. The van der Waals surface area contributed by atoms with Gasteiger partial charge in [-0.05, 0) is 38.8 Å². The monoisotopic (exact) mass is 297 g/mol. The van der Waals surface area contributed by atoms with Gasteiger partial charge in [0.25, 0.3) is 0 Å². The highest BCUT2D eigenvalue weighted by atomic mass is 35.5. The van der Waals surface area contributed by atoms with Gasteiger partial charge in [0.2, 0.25) is 5.91 Å². The first kappa shape index (κ1) is 18.0. The highest BCUT2D eigenvalue weighted by Gasteiger charge is 2.35. The Morgan fingerprint density at radius 3 is 2.56 bits per heavy atom. The second-order valence-corrected chi connectivity index (χ2v) is 5.03. The lowest BCUT2D eigenvalue weighted by Crippen LogP contribution is -2.45. The molecule has 2 heterocycles. The molecule has 0 spiro atoms. The normalized spacial score (nSPS) is 27.8. The molecular formula is C12H25Cl2N3O. The first-order valence-electron chi connectivity index (χ1n) is 6.50. The smallest absolute Gasteiger partial charge is 0.239 e. The molecule has 4 nitrogen and oxygen atoms in total. The zero-order valence-corrected chi connectivity index (χ0v) is 12.6. The topological polar surface area (TPSA) is 49.6 Å². The highest BCUT2D eigenvalue weighted by molar-refractivity contribution is 5.85. The number of hydrogen-bond acceptors (Lipinski definition) is 3. The maximum Gasteiger partial charge on any atom is 0.239 e. The molecule has 0 radical (unpaired) electrons. The van der Waals surface area contributed by atoms with Crippen molar-refractivity contribution in [2.24, 2.45) is 5.73 Å². The number of rotatable bonds is 3. The fourth-order valence-corrected chi connectivity index (χ4v) is 2.86.